The van der Waals surface area contributed by atoms with E-state index in [4.69, 9.17) is 15.1 Å². The van der Waals surface area contributed by atoms with Gasteiger partial charge in [0.25, 0.3) is 0 Å². The molecule has 3 atom stereocenters. The summed E-state index contributed by atoms with van der Waals surface area (Å²) >= 11 is 1.34. The lowest BCUT2D eigenvalue weighted by atomic mass is 10.2. The molecule has 0 saturated carbocycles. The second-order valence-corrected chi connectivity index (χ2v) is 5.44. The van der Waals surface area contributed by atoms with Crippen LogP contribution in [0.3, 0.4) is 0 Å². The van der Waals surface area contributed by atoms with E-state index in [2.05, 4.69) is 4.98 Å². The molecule has 1 aliphatic heterocycles. The van der Waals surface area contributed by atoms with Crippen LogP contribution in [0.2, 0.25) is 0 Å². The zero-order valence-electron chi connectivity index (χ0n) is 10.7. The van der Waals surface area contributed by atoms with Gasteiger partial charge in [-0.15, -0.1) is 11.8 Å². The second kappa shape index (κ2) is 6.85. The highest BCUT2D eigenvalue weighted by Gasteiger charge is 2.34. The third kappa shape index (κ3) is 3.37. The number of ether oxygens (including phenoxy) is 1. The maximum atomic E-state index is 11.9. The number of nitriles is 1. The SMILES string of the molecule is N#CCCSc1ccn([C@H]2C[C@H](O)[C@@H](CO)O2)c(=O)n1. The van der Waals surface area contributed by atoms with Crippen LogP contribution in [0, 0.1) is 11.3 Å². The van der Waals surface area contributed by atoms with Crippen LogP contribution in [0.15, 0.2) is 22.1 Å². The van der Waals surface area contributed by atoms with Gasteiger partial charge in [-0.1, -0.05) is 0 Å². The molecule has 1 saturated heterocycles. The van der Waals surface area contributed by atoms with Gasteiger partial charge in [-0.2, -0.15) is 10.2 Å². The van der Waals surface area contributed by atoms with Crippen molar-refractivity contribution in [2.75, 3.05) is 12.4 Å². The van der Waals surface area contributed by atoms with Crippen molar-refractivity contribution in [1.82, 2.24) is 9.55 Å². The maximum absolute atomic E-state index is 11.9. The highest BCUT2D eigenvalue weighted by molar-refractivity contribution is 7.99. The number of aromatic nitrogens is 2. The minimum Gasteiger partial charge on any atom is -0.394 e. The quantitative estimate of drug-likeness (QED) is 0.443. The molecule has 2 N–H and O–H groups in total. The minimum atomic E-state index is -0.790. The Morgan fingerprint density at radius 2 is 2.45 bits per heavy atom. The smallest absolute Gasteiger partial charge is 0.350 e. The zero-order valence-corrected chi connectivity index (χ0v) is 11.5. The van der Waals surface area contributed by atoms with Gasteiger partial charge in [0.1, 0.15) is 17.4 Å². The van der Waals surface area contributed by atoms with Crippen molar-refractivity contribution in [3.05, 3.63) is 22.7 Å². The van der Waals surface area contributed by atoms with E-state index < -0.39 is 24.1 Å². The molecule has 0 aliphatic carbocycles. The van der Waals surface area contributed by atoms with Crippen LogP contribution in [-0.4, -0.2) is 44.3 Å². The van der Waals surface area contributed by atoms with E-state index in [0.29, 0.717) is 17.2 Å². The molecule has 1 aromatic heterocycles. The number of hydrogen-bond acceptors (Lipinski definition) is 7. The number of hydrogen-bond donors (Lipinski definition) is 2. The zero-order chi connectivity index (χ0) is 14.5. The first-order chi connectivity index (χ1) is 9.65. The summed E-state index contributed by atoms with van der Waals surface area (Å²) < 4.78 is 6.70. The normalized spacial score (nSPS) is 25.6. The molecule has 0 radical (unpaired) electrons. The summed E-state index contributed by atoms with van der Waals surface area (Å²) in [6.45, 7) is -0.290. The largest absolute Gasteiger partial charge is 0.394 e. The summed E-state index contributed by atoms with van der Waals surface area (Å²) in [4.78, 5) is 15.8. The Hall–Kier alpha value is -1.40. The summed E-state index contributed by atoms with van der Waals surface area (Å²) in [5.74, 6) is 0.582. The fraction of sp³-hybridized carbons (Fsp3) is 0.583. The van der Waals surface area contributed by atoms with Crippen molar-refractivity contribution < 1.29 is 14.9 Å². The molecule has 2 heterocycles. The van der Waals surface area contributed by atoms with Crippen LogP contribution in [0.5, 0.6) is 0 Å². The molecule has 7 nitrogen and oxygen atoms in total. The van der Waals surface area contributed by atoms with Gasteiger partial charge >= 0.3 is 5.69 Å². The topological polar surface area (TPSA) is 108 Å². The summed E-state index contributed by atoms with van der Waals surface area (Å²) in [7, 11) is 0. The van der Waals surface area contributed by atoms with Gasteiger partial charge < -0.3 is 14.9 Å². The van der Waals surface area contributed by atoms with Crippen LogP contribution in [-0.2, 0) is 4.74 Å². The van der Waals surface area contributed by atoms with E-state index in [1.807, 2.05) is 6.07 Å². The first-order valence-corrected chi connectivity index (χ1v) is 7.17. The molecule has 0 spiro atoms. The molecule has 0 amide bonds. The summed E-state index contributed by atoms with van der Waals surface area (Å²) in [6.07, 6.45) is 0.124. The average Bonchev–Trinajstić information content (AvgIpc) is 2.80. The van der Waals surface area contributed by atoms with Crippen molar-refractivity contribution >= 4 is 11.8 Å². The lowest BCUT2D eigenvalue weighted by Gasteiger charge is -2.14. The third-order valence-electron chi connectivity index (χ3n) is 2.96. The van der Waals surface area contributed by atoms with Crippen molar-refractivity contribution in [2.45, 2.75) is 36.3 Å². The van der Waals surface area contributed by atoms with Gasteiger partial charge in [0.05, 0.1) is 18.8 Å². The number of rotatable bonds is 5. The summed E-state index contributed by atoms with van der Waals surface area (Å²) in [6, 6.07) is 3.69. The number of aliphatic hydroxyl groups excluding tert-OH is 2. The van der Waals surface area contributed by atoms with Crippen LogP contribution in [0.4, 0.5) is 0 Å². The first kappa shape index (κ1) is 15.0. The van der Waals surface area contributed by atoms with Crippen LogP contribution < -0.4 is 5.69 Å². The van der Waals surface area contributed by atoms with E-state index in [1.165, 1.54) is 16.3 Å². The molecule has 2 rings (SSSR count). The first-order valence-electron chi connectivity index (χ1n) is 6.19. The van der Waals surface area contributed by atoms with Gasteiger partial charge in [-0.3, -0.25) is 4.57 Å². The molecule has 8 heteroatoms. The van der Waals surface area contributed by atoms with E-state index in [1.54, 1.807) is 12.3 Å². The number of nitrogens with zero attached hydrogens (tertiary/aromatic N) is 3. The maximum Gasteiger partial charge on any atom is 0.350 e. The Bertz CT molecular complexity index is 556. The number of aliphatic hydroxyl groups is 2. The van der Waals surface area contributed by atoms with Crippen molar-refractivity contribution in [1.29, 1.82) is 5.26 Å². The predicted octanol–water partition coefficient (Wildman–Crippen LogP) is -0.110. The lowest BCUT2D eigenvalue weighted by Crippen LogP contribution is -2.27. The predicted molar refractivity (Wildman–Crippen MR) is 71.1 cm³/mol. The third-order valence-corrected chi connectivity index (χ3v) is 3.89. The minimum absolute atomic E-state index is 0.244. The molecule has 0 aromatic carbocycles. The highest BCUT2D eigenvalue weighted by Crippen LogP contribution is 2.27. The van der Waals surface area contributed by atoms with Crippen LogP contribution >= 0.6 is 11.8 Å². The van der Waals surface area contributed by atoms with E-state index in [9.17, 15) is 9.90 Å². The van der Waals surface area contributed by atoms with Gasteiger partial charge in [-0.25, -0.2) is 4.79 Å². The molecule has 0 bridgehead atoms. The van der Waals surface area contributed by atoms with Gasteiger partial charge in [0.2, 0.25) is 0 Å². The molecule has 1 aliphatic rings. The van der Waals surface area contributed by atoms with Gasteiger partial charge in [-0.05, 0) is 6.07 Å². The highest BCUT2D eigenvalue weighted by atomic mass is 32.2. The van der Waals surface area contributed by atoms with Crippen molar-refractivity contribution in [3.8, 4) is 6.07 Å². The molecule has 20 heavy (non-hydrogen) atoms. The summed E-state index contributed by atoms with van der Waals surface area (Å²) in [5, 5.41) is 27.7. The standard InChI is InChI=1S/C12H15N3O4S/c13-3-1-5-20-10-2-4-15(12(18)14-10)11-6-8(17)9(7-16)19-11/h2,4,8-9,11,16-17H,1,5-7H2/t8-,9+,11+/m0/s1. The fourth-order valence-electron chi connectivity index (χ4n) is 1.95. The second-order valence-electron chi connectivity index (χ2n) is 4.33. The van der Waals surface area contributed by atoms with Crippen LogP contribution in [0.1, 0.15) is 19.1 Å². The molecule has 108 valence electrons. The lowest BCUT2D eigenvalue weighted by molar-refractivity contribution is -0.0459. The molecule has 0 unspecified atom stereocenters. The van der Waals surface area contributed by atoms with E-state index >= 15 is 0 Å². The molecular formula is C12H15N3O4S. The Morgan fingerprint density at radius 1 is 1.65 bits per heavy atom. The summed E-state index contributed by atoms with van der Waals surface area (Å²) in [5.41, 5.74) is -0.470. The Morgan fingerprint density at radius 3 is 3.05 bits per heavy atom. The van der Waals surface area contributed by atoms with Gasteiger partial charge in [0.15, 0.2) is 0 Å². The monoisotopic (exact) mass is 297 g/mol. The Balaban J connectivity index is 2.07. The fourth-order valence-corrected chi connectivity index (χ4v) is 2.65. The van der Waals surface area contributed by atoms with E-state index in [-0.39, 0.29) is 13.0 Å². The van der Waals surface area contributed by atoms with Crippen molar-refractivity contribution in [3.63, 3.8) is 0 Å². The van der Waals surface area contributed by atoms with E-state index in [0.717, 1.165) is 0 Å². The average molecular weight is 297 g/mol. The van der Waals surface area contributed by atoms with Crippen LogP contribution in [0.25, 0.3) is 0 Å². The Kier molecular flexibility index (Phi) is 5.14. The molecular weight excluding hydrogens is 282 g/mol. The molecule has 1 fully saturated rings. The number of thioether (sulfide) groups is 1. The Labute approximate surface area is 119 Å². The van der Waals surface area contributed by atoms with Gasteiger partial charge in [0, 0.05) is 24.8 Å². The van der Waals surface area contributed by atoms with Crippen molar-refractivity contribution in [2.24, 2.45) is 0 Å². The molecule has 1 aromatic rings.